The minimum Gasteiger partial charge on any atom is -0.370 e. The van der Waals surface area contributed by atoms with E-state index in [4.69, 9.17) is 0 Å². The van der Waals surface area contributed by atoms with Gasteiger partial charge in [-0.25, -0.2) is 4.98 Å². The summed E-state index contributed by atoms with van der Waals surface area (Å²) in [6, 6.07) is 2.02. The zero-order chi connectivity index (χ0) is 14.9. The van der Waals surface area contributed by atoms with Crippen molar-refractivity contribution in [1.29, 1.82) is 0 Å². The van der Waals surface area contributed by atoms with Crippen LogP contribution in [0.1, 0.15) is 64.0 Å². The molecular formula is C16H27N5. The minimum absolute atomic E-state index is 0.661. The smallest absolute Gasteiger partial charge is 0.254 e. The Balaban J connectivity index is 1.65. The van der Waals surface area contributed by atoms with Gasteiger partial charge in [-0.1, -0.05) is 51.9 Å². The summed E-state index contributed by atoms with van der Waals surface area (Å²) in [5.74, 6) is 1.64. The number of nitrogens with zero attached hydrogens (tertiary/aromatic N) is 4. The van der Waals surface area contributed by atoms with Gasteiger partial charge < -0.3 is 5.32 Å². The van der Waals surface area contributed by atoms with Crippen molar-refractivity contribution in [1.82, 2.24) is 19.6 Å². The third-order valence-electron chi connectivity index (χ3n) is 3.72. The van der Waals surface area contributed by atoms with Crippen molar-refractivity contribution in [3.05, 3.63) is 18.1 Å². The van der Waals surface area contributed by atoms with E-state index in [2.05, 4.69) is 27.3 Å². The van der Waals surface area contributed by atoms with Crippen LogP contribution >= 0.6 is 0 Å². The Kier molecular flexibility index (Phi) is 6.44. The van der Waals surface area contributed by atoms with Gasteiger partial charge in [-0.3, -0.25) is 0 Å². The van der Waals surface area contributed by atoms with Gasteiger partial charge in [-0.15, -0.1) is 0 Å². The van der Waals surface area contributed by atoms with Gasteiger partial charge >= 0.3 is 0 Å². The largest absolute Gasteiger partial charge is 0.370 e. The highest BCUT2D eigenvalue weighted by Crippen LogP contribution is 2.11. The first-order valence-corrected chi connectivity index (χ1v) is 8.22. The molecular weight excluding hydrogens is 262 g/mol. The molecule has 0 unspecified atom stereocenters. The first-order valence-electron chi connectivity index (χ1n) is 8.22. The fourth-order valence-electron chi connectivity index (χ4n) is 2.53. The van der Waals surface area contributed by atoms with Crippen LogP contribution in [0.25, 0.3) is 5.78 Å². The Morgan fingerprint density at radius 3 is 2.52 bits per heavy atom. The van der Waals surface area contributed by atoms with Crippen molar-refractivity contribution in [2.24, 2.45) is 0 Å². The molecule has 0 spiro atoms. The predicted molar refractivity (Wildman–Crippen MR) is 86.6 cm³/mol. The molecule has 116 valence electrons. The van der Waals surface area contributed by atoms with Crippen molar-refractivity contribution in [3.63, 3.8) is 0 Å². The van der Waals surface area contributed by atoms with Crippen LogP contribution in [0.2, 0.25) is 0 Å². The minimum atomic E-state index is 0.661. The van der Waals surface area contributed by atoms with Crippen LogP contribution < -0.4 is 5.32 Å². The molecule has 0 amide bonds. The number of aryl methyl sites for hydroxylation is 1. The Morgan fingerprint density at radius 2 is 1.76 bits per heavy atom. The summed E-state index contributed by atoms with van der Waals surface area (Å²) in [5.41, 5.74) is 0.967. The van der Waals surface area contributed by atoms with Crippen LogP contribution in [0.3, 0.4) is 0 Å². The van der Waals surface area contributed by atoms with Crippen LogP contribution in [0.4, 0.5) is 5.82 Å². The van der Waals surface area contributed by atoms with Crippen LogP contribution in [-0.2, 0) is 0 Å². The number of rotatable bonds is 10. The van der Waals surface area contributed by atoms with E-state index in [1.807, 2.05) is 13.0 Å². The molecule has 0 saturated carbocycles. The Bertz CT molecular complexity index is 534. The molecule has 0 bridgehead atoms. The maximum atomic E-state index is 4.34. The van der Waals surface area contributed by atoms with Crippen LogP contribution in [0.15, 0.2) is 12.4 Å². The summed E-state index contributed by atoms with van der Waals surface area (Å²) in [5, 5.41) is 7.64. The van der Waals surface area contributed by atoms with E-state index >= 15 is 0 Å². The van der Waals surface area contributed by atoms with Crippen molar-refractivity contribution >= 4 is 11.6 Å². The molecule has 0 saturated heterocycles. The highest BCUT2D eigenvalue weighted by Gasteiger charge is 2.04. The van der Waals surface area contributed by atoms with E-state index in [0.717, 1.165) is 18.1 Å². The highest BCUT2D eigenvalue weighted by atomic mass is 15.3. The van der Waals surface area contributed by atoms with Gasteiger partial charge in [0.15, 0.2) is 0 Å². The quantitative estimate of drug-likeness (QED) is 0.672. The number of unbranched alkanes of at least 4 members (excludes halogenated alkanes) is 7. The van der Waals surface area contributed by atoms with Crippen molar-refractivity contribution in [2.45, 2.75) is 65.2 Å². The van der Waals surface area contributed by atoms with E-state index in [-0.39, 0.29) is 0 Å². The van der Waals surface area contributed by atoms with Crippen molar-refractivity contribution < 1.29 is 0 Å². The molecule has 2 aromatic heterocycles. The third kappa shape index (κ3) is 4.99. The average Bonchev–Trinajstić information content (AvgIpc) is 2.93. The summed E-state index contributed by atoms with van der Waals surface area (Å²) >= 11 is 0. The third-order valence-corrected chi connectivity index (χ3v) is 3.72. The lowest BCUT2D eigenvalue weighted by Gasteiger charge is -2.08. The van der Waals surface area contributed by atoms with Gasteiger partial charge in [0.2, 0.25) is 0 Å². The maximum absolute atomic E-state index is 4.34. The van der Waals surface area contributed by atoms with Crippen LogP contribution in [0.5, 0.6) is 0 Å². The topological polar surface area (TPSA) is 55.1 Å². The average molecular weight is 289 g/mol. The fourth-order valence-corrected chi connectivity index (χ4v) is 2.53. The Hall–Kier alpha value is -1.65. The van der Waals surface area contributed by atoms with E-state index in [1.54, 1.807) is 10.8 Å². The molecule has 5 nitrogen and oxygen atoms in total. The van der Waals surface area contributed by atoms with Gasteiger partial charge in [0.1, 0.15) is 12.1 Å². The zero-order valence-corrected chi connectivity index (χ0v) is 13.3. The molecule has 0 fully saturated rings. The molecule has 2 heterocycles. The number of anilines is 1. The molecule has 0 aliphatic rings. The molecule has 5 heteroatoms. The lowest BCUT2D eigenvalue weighted by Crippen LogP contribution is -2.08. The highest BCUT2D eigenvalue weighted by molar-refractivity contribution is 5.44. The SMILES string of the molecule is CCCCCCCCCCNc1cc(C)nc2ncnn12. The summed E-state index contributed by atoms with van der Waals surface area (Å²) in [7, 11) is 0. The predicted octanol–water partition coefficient (Wildman–Crippen LogP) is 3.99. The van der Waals surface area contributed by atoms with E-state index in [0.29, 0.717) is 5.78 Å². The molecule has 0 atom stereocenters. The van der Waals surface area contributed by atoms with E-state index in [1.165, 1.54) is 51.4 Å². The van der Waals surface area contributed by atoms with Gasteiger partial charge in [-0.2, -0.15) is 14.6 Å². The summed E-state index contributed by atoms with van der Waals surface area (Å²) in [6.07, 6.45) is 12.3. The van der Waals surface area contributed by atoms with Crippen LogP contribution in [-0.4, -0.2) is 26.1 Å². The van der Waals surface area contributed by atoms with Gasteiger partial charge in [0, 0.05) is 18.3 Å². The van der Waals surface area contributed by atoms with Crippen LogP contribution in [0, 0.1) is 6.92 Å². The van der Waals surface area contributed by atoms with Gasteiger partial charge in [0.25, 0.3) is 5.78 Å². The monoisotopic (exact) mass is 289 g/mol. The molecule has 2 aromatic rings. The zero-order valence-electron chi connectivity index (χ0n) is 13.3. The molecule has 0 aromatic carbocycles. The molecule has 0 aliphatic heterocycles. The summed E-state index contributed by atoms with van der Waals surface area (Å²) < 4.78 is 1.76. The lowest BCUT2D eigenvalue weighted by atomic mass is 10.1. The number of hydrogen-bond donors (Lipinski definition) is 1. The maximum Gasteiger partial charge on any atom is 0.254 e. The second-order valence-electron chi connectivity index (χ2n) is 5.66. The summed E-state index contributed by atoms with van der Waals surface area (Å²) in [4.78, 5) is 8.47. The number of hydrogen-bond acceptors (Lipinski definition) is 4. The second-order valence-corrected chi connectivity index (χ2v) is 5.66. The standard InChI is InChI=1S/C16H27N5/c1-3-4-5-6-7-8-9-10-11-17-15-12-14(2)20-16-18-13-19-21(15)16/h12-13,17H,3-11H2,1-2H3. The number of nitrogens with one attached hydrogen (secondary N) is 1. The van der Waals surface area contributed by atoms with Gasteiger partial charge in [-0.05, 0) is 13.3 Å². The Morgan fingerprint density at radius 1 is 1.05 bits per heavy atom. The van der Waals surface area contributed by atoms with Crippen molar-refractivity contribution in [3.8, 4) is 0 Å². The second kappa shape index (κ2) is 8.60. The number of fused-ring (bicyclic) bond motifs is 1. The molecule has 2 rings (SSSR count). The normalized spacial score (nSPS) is 11.1. The van der Waals surface area contributed by atoms with Crippen molar-refractivity contribution in [2.75, 3.05) is 11.9 Å². The van der Waals surface area contributed by atoms with E-state index < -0.39 is 0 Å². The fraction of sp³-hybridized carbons (Fsp3) is 0.688. The van der Waals surface area contributed by atoms with Gasteiger partial charge in [0.05, 0.1) is 0 Å². The Labute approximate surface area is 127 Å². The van der Waals surface area contributed by atoms with E-state index in [9.17, 15) is 0 Å². The molecule has 0 aliphatic carbocycles. The number of aromatic nitrogens is 4. The summed E-state index contributed by atoms with van der Waals surface area (Å²) in [6.45, 7) is 5.22. The molecule has 1 N–H and O–H groups in total. The first-order chi connectivity index (χ1) is 10.3. The lowest BCUT2D eigenvalue weighted by molar-refractivity contribution is 0.580. The first kappa shape index (κ1) is 15.7. The molecule has 0 radical (unpaired) electrons. The molecule has 21 heavy (non-hydrogen) atoms.